The van der Waals surface area contributed by atoms with Crippen LogP contribution in [0.25, 0.3) is 0 Å². The number of benzene rings is 2. The van der Waals surface area contributed by atoms with Crippen LogP contribution in [0.15, 0.2) is 46.9 Å². The Hall–Kier alpha value is -1.52. The lowest BCUT2D eigenvalue weighted by molar-refractivity contribution is 0.314. The summed E-state index contributed by atoms with van der Waals surface area (Å²) in [7, 11) is 0. The summed E-state index contributed by atoms with van der Waals surface area (Å²) >= 11 is 3.60. The van der Waals surface area contributed by atoms with E-state index < -0.39 is 0 Å². The number of hydrogen-bond acceptors (Lipinski definition) is 3. The molecule has 1 aliphatic heterocycles. The molecule has 2 aromatic rings. The molecule has 0 radical (unpaired) electrons. The minimum atomic E-state index is -0.112. The minimum absolute atomic E-state index is 0.112. The maximum atomic E-state index is 6.49. The van der Waals surface area contributed by atoms with Gasteiger partial charge in [0.15, 0.2) is 0 Å². The number of hydrogen-bond donors (Lipinski definition) is 1. The molecule has 0 aromatic heterocycles. The van der Waals surface area contributed by atoms with Gasteiger partial charge < -0.3 is 15.2 Å². The Morgan fingerprint density at radius 1 is 1.33 bits per heavy atom. The van der Waals surface area contributed by atoms with E-state index in [1.54, 1.807) is 0 Å². The van der Waals surface area contributed by atoms with E-state index in [0.717, 1.165) is 21.5 Å². The molecule has 1 heterocycles. The van der Waals surface area contributed by atoms with Gasteiger partial charge in [0.2, 0.25) is 0 Å². The predicted molar refractivity (Wildman–Crippen MR) is 86.9 cm³/mol. The molecule has 1 aliphatic rings. The molecule has 2 unspecified atom stereocenters. The molecule has 0 saturated carbocycles. The summed E-state index contributed by atoms with van der Waals surface area (Å²) in [6.07, 6.45) is 0. The summed E-state index contributed by atoms with van der Waals surface area (Å²) < 4.78 is 12.2. The average Bonchev–Trinajstić information content (AvgIpc) is 2.91. The van der Waals surface area contributed by atoms with Crippen LogP contribution >= 0.6 is 15.9 Å². The Kier molecular flexibility index (Phi) is 4.17. The molecule has 2 atom stereocenters. The molecule has 2 aromatic carbocycles. The second-order valence-electron chi connectivity index (χ2n) is 5.10. The molecule has 0 spiro atoms. The third-order valence-electron chi connectivity index (χ3n) is 3.81. The fourth-order valence-corrected chi connectivity index (χ4v) is 3.36. The van der Waals surface area contributed by atoms with Crippen molar-refractivity contribution in [3.8, 4) is 11.5 Å². The van der Waals surface area contributed by atoms with Crippen LogP contribution in [0.3, 0.4) is 0 Å². The summed E-state index contributed by atoms with van der Waals surface area (Å²) in [6.45, 7) is 3.25. The Morgan fingerprint density at radius 2 is 2.14 bits per heavy atom. The first-order chi connectivity index (χ1) is 10.2. The highest BCUT2D eigenvalue weighted by molar-refractivity contribution is 9.10. The van der Waals surface area contributed by atoms with Crippen LogP contribution in [0.5, 0.6) is 11.5 Å². The Labute approximate surface area is 133 Å². The van der Waals surface area contributed by atoms with E-state index in [4.69, 9.17) is 15.2 Å². The third-order valence-corrected chi connectivity index (χ3v) is 4.50. The molecule has 21 heavy (non-hydrogen) atoms. The van der Waals surface area contributed by atoms with E-state index in [-0.39, 0.29) is 12.0 Å². The van der Waals surface area contributed by atoms with Crippen LogP contribution in [-0.2, 0) is 0 Å². The van der Waals surface area contributed by atoms with Gasteiger partial charge in [0, 0.05) is 22.0 Å². The van der Waals surface area contributed by atoms with Crippen molar-refractivity contribution in [2.24, 2.45) is 5.73 Å². The van der Waals surface area contributed by atoms with Gasteiger partial charge in [0.1, 0.15) is 11.5 Å². The lowest BCUT2D eigenvalue weighted by atomic mass is 9.89. The summed E-state index contributed by atoms with van der Waals surface area (Å²) in [5.41, 5.74) is 8.75. The van der Waals surface area contributed by atoms with Gasteiger partial charge in [-0.15, -0.1) is 0 Å². The Morgan fingerprint density at radius 3 is 2.90 bits per heavy atom. The molecule has 0 fully saturated rings. The second kappa shape index (κ2) is 6.08. The molecule has 4 heteroatoms. The van der Waals surface area contributed by atoms with Crippen LogP contribution in [0, 0.1) is 0 Å². The van der Waals surface area contributed by atoms with Gasteiger partial charge in [-0.05, 0) is 30.7 Å². The summed E-state index contributed by atoms with van der Waals surface area (Å²) in [5, 5.41) is 0. The van der Waals surface area contributed by atoms with E-state index in [0.29, 0.717) is 13.2 Å². The van der Waals surface area contributed by atoms with E-state index in [2.05, 4.69) is 22.0 Å². The molecule has 2 N–H and O–H groups in total. The van der Waals surface area contributed by atoms with Gasteiger partial charge in [-0.25, -0.2) is 0 Å². The monoisotopic (exact) mass is 347 g/mol. The van der Waals surface area contributed by atoms with Gasteiger partial charge >= 0.3 is 0 Å². The number of fused-ring (bicyclic) bond motifs is 1. The molecule has 3 rings (SSSR count). The molecule has 0 amide bonds. The van der Waals surface area contributed by atoms with Gasteiger partial charge in [0.05, 0.1) is 13.2 Å². The van der Waals surface area contributed by atoms with Crippen molar-refractivity contribution in [3.63, 3.8) is 0 Å². The summed E-state index contributed by atoms with van der Waals surface area (Å²) in [6, 6.07) is 14.0. The lowest BCUT2D eigenvalue weighted by Gasteiger charge is -2.20. The molecular weight excluding hydrogens is 330 g/mol. The zero-order valence-electron chi connectivity index (χ0n) is 11.9. The highest BCUT2D eigenvalue weighted by atomic mass is 79.9. The van der Waals surface area contributed by atoms with Gasteiger partial charge in [-0.3, -0.25) is 0 Å². The number of ether oxygens (including phenoxy) is 2. The maximum absolute atomic E-state index is 6.49. The van der Waals surface area contributed by atoms with Crippen LogP contribution in [0.2, 0.25) is 0 Å². The molecule has 0 bridgehead atoms. The molecule has 110 valence electrons. The molecule has 0 saturated heterocycles. The smallest absolute Gasteiger partial charge is 0.122 e. The van der Waals surface area contributed by atoms with E-state index in [9.17, 15) is 0 Å². The van der Waals surface area contributed by atoms with Crippen LogP contribution < -0.4 is 15.2 Å². The normalized spacial score (nSPS) is 18.0. The van der Waals surface area contributed by atoms with Gasteiger partial charge in [0.25, 0.3) is 0 Å². The van der Waals surface area contributed by atoms with Crippen molar-refractivity contribution in [2.45, 2.75) is 18.9 Å². The Balaban J connectivity index is 1.88. The van der Waals surface area contributed by atoms with Gasteiger partial charge in [-0.1, -0.05) is 40.2 Å². The number of rotatable bonds is 4. The van der Waals surface area contributed by atoms with Crippen molar-refractivity contribution in [2.75, 3.05) is 13.2 Å². The van der Waals surface area contributed by atoms with Gasteiger partial charge in [-0.2, -0.15) is 0 Å². The number of para-hydroxylation sites is 1. The summed E-state index contributed by atoms with van der Waals surface area (Å²) in [4.78, 5) is 0. The topological polar surface area (TPSA) is 44.5 Å². The van der Waals surface area contributed by atoms with Crippen molar-refractivity contribution in [1.29, 1.82) is 0 Å². The van der Waals surface area contributed by atoms with E-state index in [1.807, 2.05) is 43.3 Å². The zero-order valence-corrected chi connectivity index (χ0v) is 13.5. The lowest BCUT2D eigenvalue weighted by Crippen LogP contribution is -2.21. The number of halogens is 1. The van der Waals surface area contributed by atoms with Crippen molar-refractivity contribution in [1.82, 2.24) is 0 Å². The first-order valence-electron chi connectivity index (χ1n) is 7.10. The minimum Gasteiger partial charge on any atom is -0.494 e. The highest BCUT2D eigenvalue weighted by Crippen LogP contribution is 2.42. The van der Waals surface area contributed by atoms with E-state index in [1.165, 1.54) is 5.56 Å². The maximum Gasteiger partial charge on any atom is 0.122 e. The molecular formula is C17H18BrNO2. The summed E-state index contributed by atoms with van der Waals surface area (Å²) in [5.74, 6) is 1.97. The van der Waals surface area contributed by atoms with Crippen molar-refractivity contribution >= 4 is 15.9 Å². The van der Waals surface area contributed by atoms with Crippen molar-refractivity contribution in [3.05, 3.63) is 58.1 Å². The average molecular weight is 348 g/mol. The molecule has 0 aliphatic carbocycles. The fourth-order valence-electron chi connectivity index (χ4n) is 2.74. The quantitative estimate of drug-likeness (QED) is 0.908. The first-order valence-corrected chi connectivity index (χ1v) is 7.89. The molecule has 3 nitrogen and oxygen atoms in total. The number of nitrogens with two attached hydrogens (primary N) is 1. The SMILES string of the molecule is CCOc1ccc(C(N)C2COc3ccccc32)c(Br)c1. The fraction of sp³-hybridized carbons (Fsp3) is 0.294. The zero-order chi connectivity index (χ0) is 14.8. The van der Waals surface area contributed by atoms with Crippen LogP contribution in [0.4, 0.5) is 0 Å². The standard InChI is InChI=1S/C17H18BrNO2/c1-2-20-11-7-8-13(15(18)9-11)17(19)14-10-21-16-6-4-3-5-12(14)16/h3-9,14,17H,2,10,19H2,1H3. The van der Waals surface area contributed by atoms with Crippen LogP contribution in [-0.4, -0.2) is 13.2 Å². The second-order valence-corrected chi connectivity index (χ2v) is 5.95. The van der Waals surface area contributed by atoms with E-state index >= 15 is 0 Å². The largest absolute Gasteiger partial charge is 0.494 e. The predicted octanol–water partition coefficient (Wildman–Crippen LogP) is 4.02. The van der Waals surface area contributed by atoms with Crippen LogP contribution in [0.1, 0.15) is 30.0 Å². The third kappa shape index (κ3) is 2.78. The first kappa shape index (κ1) is 14.4. The highest BCUT2D eigenvalue weighted by Gasteiger charge is 2.30. The Bertz CT molecular complexity index is 644. The van der Waals surface area contributed by atoms with Crippen molar-refractivity contribution < 1.29 is 9.47 Å².